The lowest BCUT2D eigenvalue weighted by molar-refractivity contribution is -0.286. The van der Waals surface area contributed by atoms with E-state index in [2.05, 4.69) is 50.7 Å². The highest BCUT2D eigenvalue weighted by atomic mass is 79.9. The normalized spacial score (nSPS) is 14.7. The molecule has 3 aromatic rings. The molecule has 0 fully saturated rings. The fourth-order valence-electron chi connectivity index (χ4n) is 2.22. The zero-order valence-corrected chi connectivity index (χ0v) is 13.6. The molecule has 0 atom stereocenters. The van der Waals surface area contributed by atoms with Gasteiger partial charge >= 0.3 is 6.29 Å². The van der Waals surface area contributed by atoms with E-state index in [0.29, 0.717) is 15.6 Å². The molecule has 1 aliphatic heterocycles. The van der Waals surface area contributed by atoms with E-state index in [1.54, 1.807) is 0 Å². The van der Waals surface area contributed by atoms with Gasteiger partial charge in [-0.05, 0) is 15.9 Å². The predicted octanol–water partition coefficient (Wildman–Crippen LogP) is 2.27. The molecule has 9 nitrogen and oxygen atoms in total. The van der Waals surface area contributed by atoms with Gasteiger partial charge in [0, 0.05) is 12.1 Å². The number of carbonyl (C=O) groups is 1. The number of imidazole rings is 1. The maximum absolute atomic E-state index is 13.0. The molecule has 3 heterocycles. The smallest absolute Gasteiger partial charge is 0.395 e. The largest absolute Gasteiger partial charge is 0.586 e. The van der Waals surface area contributed by atoms with Crippen molar-refractivity contribution >= 4 is 44.6 Å². The number of halogens is 3. The van der Waals surface area contributed by atoms with Crippen molar-refractivity contribution in [1.82, 2.24) is 19.9 Å². The van der Waals surface area contributed by atoms with Crippen molar-refractivity contribution in [2.75, 3.05) is 11.1 Å². The van der Waals surface area contributed by atoms with E-state index >= 15 is 0 Å². The Kier molecular flexibility index (Phi) is 3.25. The number of amides is 1. The number of carbonyl (C=O) groups excluding carboxylic acids is 1. The lowest BCUT2D eigenvalue weighted by Gasteiger charge is -2.04. The topological polar surface area (TPSA) is 128 Å². The fourth-order valence-corrected chi connectivity index (χ4v) is 2.50. The number of fused-ring (bicyclic) bond motifs is 2. The van der Waals surface area contributed by atoms with Crippen LogP contribution in [0, 0.1) is 0 Å². The van der Waals surface area contributed by atoms with Crippen LogP contribution < -0.4 is 20.5 Å². The number of hydrogen-bond donors (Lipinski definition) is 3. The molecule has 0 unspecified atom stereocenters. The van der Waals surface area contributed by atoms with Gasteiger partial charge in [-0.15, -0.1) is 8.78 Å². The second-order valence-electron chi connectivity index (χ2n) is 4.95. The first-order valence-electron chi connectivity index (χ1n) is 6.70. The van der Waals surface area contributed by atoms with Gasteiger partial charge in [0.15, 0.2) is 23.0 Å². The van der Waals surface area contributed by atoms with Crippen LogP contribution in [0.2, 0.25) is 0 Å². The maximum Gasteiger partial charge on any atom is 0.586 e. The highest BCUT2D eigenvalue weighted by molar-refractivity contribution is 9.10. The van der Waals surface area contributed by atoms with E-state index in [9.17, 15) is 13.6 Å². The summed E-state index contributed by atoms with van der Waals surface area (Å²) < 4.78 is 35.1. The molecule has 0 radical (unpaired) electrons. The summed E-state index contributed by atoms with van der Waals surface area (Å²) in [7, 11) is 0. The van der Waals surface area contributed by atoms with Crippen molar-refractivity contribution in [3.8, 4) is 11.5 Å². The molecule has 1 aromatic carbocycles. The highest BCUT2D eigenvalue weighted by Crippen LogP contribution is 2.42. The zero-order chi connectivity index (χ0) is 17.8. The first kappa shape index (κ1) is 15.5. The Morgan fingerprint density at radius 2 is 2.00 bits per heavy atom. The maximum atomic E-state index is 13.0. The van der Waals surface area contributed by atoms with Crippen molar-refractivity contribution in [2.45, 2.75) is 6.29 Å². The third kappa shape index (κ3) is 2.80. The summed E-state index contributed by atoms with van der Waals surface area (Å²) in [5, 5.41) is 2.47. The van der Waals surface area contributed by atoms with Crippen LogP contribution in [0.5, 0.6) is 11.5 Å². The van der Waals surface area contributed by atoms with Crippen LogP contribution in [0.4, 0.5) is 20.5 Å². The number of H-pyrrole nitrogens is 1. The average molecular weight is 413 g/mol. The van der Waals surface area contributed by atoms with Crippen molar-refractivity contribution in [3.63, 3.8) is 0 Å². The molecule has 4 rings (SSSR count). The number of nitrogen functional groups attached to an aromatic ring is 1. The number of aromatic nitrogens is 4. The molecule has 12 heteroatoms. The van der Waals surface area contributed by atoms with Gasteiger partial charge in [0.25, 0.3) is 5.91 Å². The average Bonchev–Trinajstić information content (AvgIpc) is 3.03. The first-order chi connectivity index (χ1) is 11.8. The van der Waals surface area contributed by atoms with Gasteiger partial charge in [0.1, 0.15) is 4.60 Å². The van der Waals surface area contributed by atoms with E-state index in [1.165, 1.54) is 18.3 Å². The second-order valence-corrected chi connectivity index (χ2v) is 5.76. The Labute approximate surface area is 145 Å². The monoisotopic (exact) mass is 412 g/mol. The lowest BCUT2D eigenvalue weighted by atomic mass is 10.3. The molecule has 4 N–H and O–H groups in total. The summed E-state index contributed by atoms with van der Waals surface area (Å²) in [5.74, 6) is -0.918. The molecule has 0 aliphatic carbocycles. The highest BCUT2D eigenvalue weighted by Gasteiger charge is 2.43. The SMILES string of the molecule is Nc1ncc(Br)nc1C(=O)Nc1nc2cc3c(cc2[nH]1)OC(F)(F)O3. The van der Waals surface area contributed by atoms with E-state index in [0.717, 1.165) is 0 Å². The minimum atomic E-state index is -3.71. The van der Waals surface area contributed by atoms with E-state index < -0.39 is 12.2 Å². The van der Waals surface area contributed by atoms with Crippen LogP contribution in [-0.4, -0.2) is 32.1 Å². The number of nitrogens with two attached hydrogens (primary N) is 1. The minimum Gasteiger partial charge on any atom is -0.395 e. The molecule has 0 spiro atoms. The van der Waals surface area contributed by atoms with Crippen LogP contribution >= 0.6 is 15.9 Å². The van der Waals surface area contributed by atoms with Gasteiger partial charge in [-0.25, -0.2) is 15.0 Å². The minimum absolute atomic E-state index is 0.0557. The summed E-state index contributed by atoms with van der Waals surface area (Å²) in [6.07, 6.45) is -2.36. The number of alkyl halides is 2. The first-order valence-corrected chi connectivity index (χ1v) is 7.49. The van der Waals surface area contributed by atoms with Crippen molar-refractivity contribution < 1.29 is 23.0 Å². The summed E-state index contributed by atoms with van der Waals surface area (Å²) in [6, 6.07) is 2.56. The quantitative estimate of drug-likeness (QED) is 0.588. The van der Waals surface area contributed by atoms with Gasteiger partial charge in [0.2, 0.25) is 5.95 Å². The van der Waals surface area contributed by atoms with Crippen molar-refractivity contribution in [2.24, 2.45) is 0 Å². The van der Waals surface area contributed by atoms with E-state index in [1.807, 2.05) is 0 Å². The molecular formula is C13H7BrF2N6O3. The number of aromatic amines is 1. The van der Waals surface area contributed by atoms with Crippen molar-refractivity contribution in [3.05, 3.63) is 28.6 Å². The molecule has 1 aliphatic rings. The van der Waals surface area contributed by atoms with E-state index in [4.69, 9.17) is 5.73 Å². The second kappa shape index (κ2) is 5.24. The number of rotatable bonds is 2. The molecule has 0 saturated heterocycles. The number of hydrogen-bond acceptors (Lipinski definition) is 7. The fraction of sp³-hybridized carbons (Fsp3) is 0.0769. The molecular weight excluding hydrogens is 406 g/mol. The Morgan fingerprint density at radius 3 is 2.76 bits per heavy atom. The zero-order valence-electron chi connectivity index (χ0n) is 12.0. The van der Waals surface area contributed by atoms with E-state index in [-0.39, 0.29) is 29.0 Å². The Hall–Kier alpha value is -3.02. The van der Waals surface area contributed by atoms with Crippen LogP contribution in [0.25, 0.3) is 11.0 Å². The Morgan fingerprint density at radius 1 is 1.28 bits per heavy atom. The molecule has 0 saturated carbocycles. The van der Waals surface area contributed by atoms with Gasteiger partial charge in [-0.3, -0.25) is 10.1 Å². The number of nitrogens with zero attached hydrogens (tertiary/aromatic N) is 3. The summed E-state index contributed by atoms with van der Waals surface area (Å²) in [5.41, 5.74) is 6.19. The summed E-state index contributed by atoms with van der Waals surface area (Å²) in [4.78, 5) is 26.8. The lowest BCUT2D eigenvalue weighted by Crippen LogP contribution is -2.25. The van der Waals surface area contributed by atoms with Crippen LogP contribution in [0.1, 0.15) is 10.5 Å². The van der Waals surface area contributed by atoms with Crippen LogP contribution in [-0.2, 0) is 0 Å². The number of nitrogens with one attached hydrogen (secondary N) is 2. The molecule has 128 valence electrons. The summed E-state index contributed by atoms with van der Waals surface area (Å²) >= 11 is 3.10. The Balaban J connectivity index is 1.63. The van der Waals surface area contributed by atoms with Gasteiger partial charge in [0.05, 0.1) is 17.2 Å². The number of ether oxygens (including phenoxy) is 2. The third-order valence-electron chi connectivity index (χ3n) is 3.22. The van der Waals surface area contributed by atoms with Crippen molar-refractivity contribution in [1.29, 1.82) is 0 Å². The van der Waals surface area contributed by atoms with Crippen LogP contribution in [0.3, 0.4) is 0 Å². The third-order valence-corrected chi connectivity index (χ3v) is 3.61. The van der Waals surface area contributed by atoms with Crippen LogP contribution in [0.15, 0.2) is 22.9 Å². The standard InChI is InChI=1S/C13H7BrF2N6O3/c14-8-3-18-10(17)9(21-8)11(23)22-12-19-4-1-6-7(2-5(4)20-12)25-13(15,16)24-6/h1-3H,(H2,17,18)(H2,19,20,22,23). The summed E-state index contributed by atoms with van der Waals surface area (Å²) in [6.45, 7) is 0. The van der Waals surface area contributed by atoms with Gasteiger partial charge in [-0.1, -0.05) is 0 Å². The van der Waals surface area contributed by atoms with Gasteiger partial charge in [-0.2, -0.15) is 0 Å². The molecule has 2 aromatic heterocycles. The molecule has 1 amide bonds. The molecule has 25 heavy (non-hydrogen) atoms. The number of anilines is 2. The number of benzene rings is 1. The predicted molar refractivity (Wildman–Crippen MR) is 84.4 cm³/mol. The van der Waals surface area contributed by atoms with Gasteiger partial charge < -0.3 is 20.2 Å². The Bertz CT molecular complexity index is 979. The molecule has 0 bridgehead atoms.